The molecule has 0 radical (unpaired) electrons. The molecular weight excluding hydrogens is 156 g/mol. The maximum atomic E-state index is 10.2. The highest BCUT2D eigenvalue weighted by Crippen LogP contribution is 2.05. The predicted molar refractivity (Wildman–Crippen MR) is 43.6 cm³/mol. The van der Waals surface area contributed by atoms with Crippen molar-refractivity contribution in [3.63, 3.8) is 0 Å². The molecule has 1 atom stereocenters. The summed E-state index contributed by atoms with van der Waals surface area (Å²) in [5.41, 5.74) is 6.57. The summed E-state index contributed by atoms with van der Waals surface area (Å²) in [5, 5.41) is 8.68. The summed E-state index contributed by atoms with van der Waals surface area (Å²) < 4.78 is 0. The first-order chi connectivity index (χ1) is 5.77. The second-order valence-electron chi connectivity index (χ2n) is 2.42. The molecule has 0 aliphatic rings. The second-order valence-corrected chi connectivity index (χ2v) is 2.42. The number of aldehydes is 1. The number of nitrogens with zero attached hydrogens (tertiary/aromatic N) is 1. The Kier molecular flexibility index (Phi) is 2.90. The van der Waals surface area contributed by atoms with E-state index in [0.717, 1.165) is 0 Å². The average Bonchev–Trinajstić information content (AvgIpc) is 2.17. The van der Waals surface area contributed by atoms with Crippen LogP contribution in [0.5, 0.6) is 0 Å². The molecule has 0 saturated heterocycles. The lowest BCUT2D eigenvalue weighted by atomic mass is 10.2. The van der Waals surface area contributed by atoms with Crippen molar-refractivity contribution in [3.8, 4) is 0 Å². The van der Waals surface area contributed by atoms with Crippen LogP contribution < -0.4 is 5.73 Å². The number of hydrogen-bond donors (Lipinski definition) is 2. The van der Waals surface area contributed by atoms with Crippen LogP contribution in [-0.4, -0.2) is 23.0 Å². The maximum Gasteiger partial charge on any atom is 0.151 e. The largest absolute Gasteiger partial charge is 0.394 e. The number of hydrogen-bond acceptors (Lipinski definition) is 4. The third kappa shape index (κ3) is 1.87. The van der Waals surface area contributed by atoms with E-state index in [1.54, 1.807) is 12.1 Å². The Balaban J connectivity index is 2.84. The molecule has 0 spiro atoms. The van der Waals surface area contributed by atoms with Crippen molar-refractivity contribution in [1.29, 1.82) is 0 Å². The SMILES string of the molecule is N[C@@H](CO)c1ccc(C=O)cn1. The van der Waals surface area contributed by atoms with Gasteiger partial charge >= 0.3 is 0 Å². The molecule has 0 aromatic carbocycles. The zero-order chi connectivity index (χ0) is 8.97. The van der Waals surface area contributed by atoms with Crippen LogP contribution in [0.3, 0.4) is 0 Å². The molecule has 4 heteroatoms. The zero-order valence-corrected chi connectivity index (χ0v) is 6.47. The second kappa shape index (κ2) is 3.94. The number of aromatic nitrogens is 1. The minimum Gasteiger partial charge on any atom is -0.394 e. The Labute approximate surface area is 70.0 Å². The number of carbonyl (C=O) groups excluding carboxylic acids is 1. The van der Waals surface area contributed by atoms with Gasteiger partial charge < -0.3 is 10.8 Å². The summed E-state index contributed by atoms with van der Waals surface area (Å²) in [5.74, 6) is 0. The van der Waals surface area contributed by atoms with Crippen LogP contribution in [0.2, 0.25) is 0 Å². The minimum absolute atomic E-state index is 0.145. The van der Waals surface area contributed by atoms with E-state index in [1.807, 2.05) is 0 Å². The van der Waals surface area contributed by atoms with Gasteiger partial charge in [-0.05, 0) is 12.1 Å². The van der Waals surface area contributed by atoms with Crippen LogP contribution in [0.1, 0.15) is 22.1 Å². The van der Waals surface area contributed by atoms with E-state index in [1.165, 1.54) is 6.20 Å². The predicted octanol–water partition coefficient (Wildman–Crippen LogP) is -0.114. The van der Waals surface area contributed by atoms with Gasteiger partial charge in [-0.2, -0.15) is 0 Å². The highest BCUT2D eigenvalue weighted by molar-refractivity contribution is 5.73. The van der Waals surface area contributed by atoms with Gasteiger partial charge in [0.25, 0.3) is 0 Å². The van der Waals surface area contributed by atoms with E-state index < -0.39 is 6.04 Å². The van der Waals surface area contributed by atoms with Crippen molar-refractivity contribution < 1.29 is 9.90 Å². The van der Waals surface area contributed by atoms with Gasteiger partial charge in [0.15, 0.2) is 6.29 Å². The molecule has 0 aliphatic carbocycles. The molecule has 0 unspecified atom stereocenters. The van der Waals surface area contributed by atoms with Crippen LogP contribution >= 0.6 is 0 Å². The molecule has 1 rings (SSSR count). The molecule has 0 bridgehead atoms. The fraction of sp³-hybridized carbons (Fsp3) is 0.250. The summed E-state index contributed by atoms with van der Waals surface area (Å²) >= 11 is 0. The van der Waals surface area contributed by atoms with Gasteiger partial charge in [-0.1, -0.05) is 0 Å². The van der Waals surface area contributed by atoms with Gasteiger partial charge in [-0.25, -0.2) is 0 Å². The Morgan fingerprint density at radius 2 is 2.42 bits per heavy atom. The summed E-state index contributed by atoms with van der Waals surface area (Å²) in [4.78, 5) is 14.1. The number of pyridine rings is 1. The van der Waals surface area contributed by atoms with Gasteiger partial charge in [0.05, 0.1) is 18.3 Å². The van der Waals surface area contributed by atoms with Crippen molar-refractivity contribution in [2.75, 3.05) is 6.61 Å². The number of rotatable bonds is 3. The first-order valence-electron chi connectivity index (χ1n) is 3.55. The van der Waals surface area contributed by atoms with Crippen molar-refractivity contribution in [2.45, 2.75) is 6.04 Å². The lowest BCUT2D eigenvalue weighted by Crippen LogP contribution is -2.15. The topological polar surface area (TPSA) is 76.2 Å². The van der Waals surface area contributed by atoms with Gasteiger partial charge in [0, 0.05) is 11.8 Å². The lowest BCUT2D eigenvalue weighted by molar-refractivity contribution is 0.112. The van der Waals surface area contributed by atoms with Gasteiger partial charge in [-0.15, -0.1) is 0 Å². The third-order valence-corrected chi connectivity index (χ3v) is 1.52. The molecule has 0 saturated carbocycles. The Bertz CT molecular complexity index is 258. The Morgan fingerprint density at radius 1 is 1.67 bits per heavy atom. The van der Waals surface area contributed by atoms with Crippen LogP contribution in [0.4, 0.5) is 0 Å². The smallest absolute Gasteiger partial charge is 0.151 e. The molecule has 0 fully saturated rings. The van der Waals surface area contributed by atoms with Gasteiger partial charge in [0.1, 0.15) is 0 Å². The highest BCUT2D eigenvalue weighted by atomic mass is 16.3. The summed E-state index contributed by atoms with van der Waals surface area (Å²) in [7, 11) is 0. The van der Waals surface area contributed by atoms with Crippen molar-refractivity contribution >= 4 is 6.29 Å². The molecule has 3 N–H and O–H groups in total. The number of aliphatic hydroxyl groups excluding tert-OH is 1. The van der Waals surface area contributed by atoms with E-state index >= 15 is 0 Å². The van der Waals surface area contributed by atoms with Crippen LogP contribution in [0, 0.1) is 0 Å². The van der Waals surface area contributed by atoms with E-state index in [-0.39, 0.29) is 6.61 Å². The molecular formula is C8H10N2O2. The number of carbonyl (C=O) groups is 1. The Hall–Kier alpha value is -1.26. The van der Waals surface area contributed by atoms with Crippen molar-refractivity contribution in [1.82, 2.24) is 4.98 Å². The van der Waals surface area contributed by atoms with E-state index in [4.69, 9.17) is 10.8 Å². The average molecular weight is 166 g/mol. The van der Waals surface area contributed by atoms with E-state index in [2.05, 4.69) is 4.98 Å². The Morgan fingerprint density at radius 3 is 2.83 bits per heavy atom. The zero-order valence-electron chi connectivity index (χ0n) is 6.47. The van der Waals surface area contributed by atoms with Gasteiger partial charge in [0.2, 0.25) is 0 Å². The van der Waals surface area contributed by atoms with Crippen LogP contribution in [0.15, 0.2) is 18.3 Å². The molecule has 1 heterocycles. The fourth-order valence-electron chi connectivity index (χ4n) is 0.799. The van der Waals surface area contributed by atoms with Gasteiger partial charge in [-0.3, -0.25) is 9.78 Å². The van der Waals surface area contributed by atoms with Crippen molar-refractivity contribution in [2.24, 2.45) is 5.73 Å². The molecule has 64 valence electrons. The summed E-state index contributed by atoms with van der Waals surface area (Å²) in [6, 6.07) is 2.78. The molecule has 0 aliphatic heterocycles. The summed E-state index contributed by atoms with van der Waals surface area (Å²) in [6.07, 6.45) is 2.14. The molecule has 1 aromatic heterocycles. The minimum atomic E-state index is -0.467. The standard InChI is InChI=1S/C8H10N2O2/c9-7(5-12)8-2-1-6(4-11)3-10-8/h1-4,7,12H,5,9H2/t7-/m0/s1. The monoisotopic (exact) mass is 166 g/mol. The fourth-order valence-corrected chi connectivity index (χ4v) is 0.799. The molecule has 4 nitrogen and oxygen atoms in total. The molecule has 1 aromatic rings. The van der Waals surface area contributed by atoms with Crippen LogP contribution in [0.25, 0.3) is 0 Å². The van der Waals surface area contributed by atoms with E-state index in [9.17, 15) is 4.79 Å². The molecule has 0 amide bonds. The first kappa shape index (κ1) is 8.83. The quantitative estimate of drug-likeness (QED) is 0.614. The molecule has 12 heavy (non-hydrogen) atoms. The highest BCUT2D eigenvalue weighted by Gasteiger charge is 2.04. The van der Waals surface area contributed by atoms with E-state index in [0.29, 0.717) is 17.5 Å². The summed E-state index contributed by atoms with van der Waals surface area (Å²) in [6.45, 7) is -0.145. The first-order valence-corrected chi connectivity index (χ1v) is 3.55. The lowest BCUT2D eigenvalue weighted by Gasteiger charge is -2.05. The number of nitrogens with two attached hydrogens (primary N) is 1. The maximum absolute atomic E-state index is 10.2. The van der Waals surface area contributed by atoms with Crippen LogP contribution in [-0.2, 0) is 0 Å². The number of aliphatic hydroxyl groups is 1. The van der Waals surface area contributed by atoms with Crippen molar-refractivity contribution in [3.05, 3.63) is 29.6 Å². The third-order valence-electron chi connectivity index (χ3n) is 1.52. The normalized spacial score (nSPS) is 12.5.